The van der Waals surface area contributed by atoms with Gasteiger partial charge in [-0.25, -0.2) is 8.42 Å². The van der Waals surface area contributed by atoms with Crippen LogP contribution in [0.5, 0.6) is 0 Å². The van der Waals surface area contributed by atoms with Gasteiger partial charge in [-0.2, -0.15) is 4.31 Å². The summed E-state index contributed by atoms with van der Waals surface area (Å²) in [5.74, 6) is 0. The molecule has 2 N–H and O–H groups in total. The summed E-state index contributed by atoms with van der Waals surface area (Å²) in [6, 6.07) is 7.07. The second kappa shape index (κ2) is 6.90. The quantitative estimate of drug-likeness (QED) is 0.909. The normalized spacial score (nSPS) is 22.1. The zero-order chi connectivity index (χ0) is 15.5. The molecule has 2 atom stereocenters. The second-order valence-corrected chi connectivity index (χ2v) is 7.82. The van der Waals surface area contributed by atoms with Crippen molar-refractivity contribution in [3.05, 3.63) is 29.8 Å². The van der Waals surface area contributed by atoms with Crippen LogP contribution in [-0.4, -0.2) is 31.4 Å². The minimum atomic E-state index is -3.43. The van der Waals surface area contributed by atoms with Gasteiger partial charge in [0.2, 0.25) is 10.0 Å². The van der Waals surface area contributed by atoms with Crippen molar-refractivity contribution < 1.29 is 8.42 Å². The van der Waals surface area contributed by atoms with Crippen molar-refractivity contribution in [2.45, 2.75) is 62.9 Å². The molecule has 0 amide bonds. The van der Waals surface area contributed by atoms with Crippen LogP contribution in [0.1, 0.15) is 45.1 Å². The van der Waals surface area contributed by atoms with E-state index in [-0.39, 0.29) is 12.1 Å². The van der Waals surface area contributed by atoms with Crippen molar-refractivity contribution in [3.8, 4) is 0 Å². The molecule has 1 heterocycles. The van der Waals surface area contributed by atoms with E-state index in [1.807, 2.05) is 19.1 Å². The van der Waals surface area contributed by atoms with Gasteiger partial charge >= 0.3 is 0 Å². The zero-order valence-corrected chi connectivity index (χ0v) is 13.8. The molecule has 0 radical (unpaired) electrons. The van der Waals surface area contributed by atoms with Crippen LogP contribution in [0, 0.1) is 0 Å². The summed E-state index contributed by atoms with van der Waals surface area (Å²) >= 11 is 0. The third kappa shape index (κ3) is 3.65. The molecule has 0 aliphatic carbocycles. The van der Waals surface area contributed by atoms with Crippen molar-refractivity contribution in [2.75, 3.05) is 6.54 Å². The van der Waals surface area contributed by atoms with E-state index in [9.17, 15) is 8.42 Å². The van der Waals surface area contributed by atoms with Gasteiger partial charge in [-0.3, -0.25) is 0 Å². The maximum atomic E-state index is 12.8. The number of hydrogen-bond acceptors (Lipinski definition) is 3. The fourth-order valence-electron chi connectivity index (χ4n) is 3.01. The molecule has 5 heteroatoms. The molecule has 1 fully saturated rings. The minimum absolute atomic E-state index is 0.0842. The smallest absolute Gasteiger partial charge is 0.243 e. The minimum Gasteiger partial charge on any atom is -0.326 e. The predicted octanol–water partition coefficient (Wildman–Crippen LogP) is 2.53. The third-order valence-electron chi connectivity index (χ3n) is 4.17. The number of hydrogen-bond donors (Lipinski definition) is 1. The summed E-state index contributed by atoms with van der Waals surface area (Å²) in [5.41, 5.74) is 7.17. The lowest BCUT2D eigenvalue weighted by Crippen LogP contribution is -2.51. The molecule has 2 unspecified atom stereocenters. The van der Waals surface area contributed by atoms with Crippen LogP contribution >= 0.6 is 0 Å². The van der Waals surface area contributed by atoms with E-state index in [2.05, 4.69) is 6.92 Å². The average molecular weight is 310 g/mol. The SMILES string of the molecule is CCCc1ccc(S(=O)(=O)N2CCCCC2C(C)N)cc1. The van der Waals surface area contributed by atoms with Gasteiger partial charge < -0.3 is 5.73 Å². The van der Waals surface area contributed by atoms with Crippen LogP contribution in [0.3, 0.4) is 0 Å². The average Bonchev–Trinajstić information content (AvgIpc) is 2.48. The molecule has 21 heavy (non-hydrogen) atoms. The van der Waals surface area contributed by atoms with Gasteiger partial charge in [-0.1, -0.05) is 31.9 Å². The fourth-order valence-corrected chi connectivity index (χ4v) is 4.78. The van der Waals surface area contributed by atoms with Crippen molar-refractivity contribution in [1.29, 1.82) is 0 Å². The molecule has 4 nitrogen and oxygen atoms in total. The molecule has 1 aliphatic rings. The van der Waals surface area contributed by atoms with Crippen molar-refractivity contribution in [1.82, 2.24) is 4.31 Å². The number of nitrogens with two attached hydrogens (primary N) is 1. The summed E-state index contributed by atoms with van der Waals surface area (Å²) < 4.78 is 27.3. The van der Waals surface area contributed by atoms with Crippen LogP contribution in [0.25, 0.3) is 0 Å². The Kier molecular flexibility index (Phi) is 5.41. The van der Waals surface area contributed by atoms with E-state index in [1.54, 1.807) is 16.4 Å². The first kappa shape index (κ1) is 16.5. The molecule has 118 valence electrons. The Morgan fingerprint density at radius 1 is 1.29 bits per heavy atom. The summed E-state index contributed by atoms with van der Waals surface area (Å²) in [6.07, 6.45) is 4.85. The van der Waals surface area contributed by atoms with Gasteiger partial charge in [0.05, 0.1) is 4.90 Å². The van der Waals surface area contributed by atoms with Gasteiger partial charge in [0.25, 0.3) is 0 Å². The molecule has 1 saturated heterocycles. The first-order valence-corrected chi connectivity index (χ1v) is 9.27. The number of rotatable bonds is 5. The summed E-state index contributed by atoms with van der Waals surface area (Å²) in [6.45, 7) is 4.58. The zero-order valence-electron chi connectivity index (χ0n) is 13.0. The van der Waals surface area contributed by atoms with Gasteiger partial charge in [-0.05, 0) is 43.9 Å². The third-order valence-corrected chi connectivity index (χ3v) is 6.11. The van der Waals surface area contributed by atoms with Crippen LogP contribution in [-0.2, 0) is 16.4 Å². The van der Waals surface area contributed by atoms with E-state index >= 15 is 0 Å². The maximum Gasteiger partial charge on any atom is 0.243 e. The highest BCUT2D eigenvalue weighted by Crippen LogP contribution is 2.26. The highest BCUT2D eigenvalue weighted by Gasteiger charge is 2.35. The second-order valence-electron chi connectivity index (χ2n) is 5.93. The molecular weight excluding hydrogens is 284 g/mol. The number of piperidine rings is 1. The Labute approximate surface area is 128 Å². The van der Waals surface area contributed by atoms with Crippen LogP contribution in [0.2, 0.25) is 0 Å². The largest absolute Gasteiger partial charge is 0.326 e. The first-order valence-electron chi connectivity index (χ1n) is 7.83. The lowest BCUT2D eigenvalue weighted by molar-refractivity contribution is 0.227. The molecule has 0 bridgehead atoms. The molecule has 1 aromatic carbocycles. The summed E-state index contributed by atoms with van der Waals surface area (Å²) in [4.78, 5) is 0.384. The molecule has 1 aromatic rings. The van der Waals surface area contributed by atoms with E-state index in [0.717, 1.165) is 32.1 Å². The highest BCUT2D eigenvalue weighted by molar-refractivity contribution is 7.89. The van der Waals surface area contributed by atoms with Crippen molar-refractivity contribution in [2.24, 2.45) is 5.73 Å². The standard InChI is InChI=1S/C16H26N2O2S/c1-3-6-14-8-10-15(11-9-14)21(19,20)18-12-5-4-7-16(18)13(2)17/h8-11,13,16H,3-7,12,17H2,1-2H3. The maximum absolute atomic E-state index is 12.8. The molecule has 2 rings (SSSR count). The van der Waals surface area contributed by atoms with Crippen LogP contribution in [0.4, 0.5) is 0 Å². The lowest BCUT2D eigenvalue weighted by Gasteiger charge is -2.36. The van der Waals surface area contributed by atoms with Gasteiger partial charge in [0, 0.05) is 18.6 Å². The first-order chi connectivity index (χ1) is 9.96. The highest BCUT2D eigenvalue weighted by atomic mass is 32.2. The van der Waals surface area contributed by atoms with E-state index in [0.29, 0.717) is 11.4 Å². The Morgan fingerprint density at radius 2 is 1.95 bits per heavy atom. The van der Waals surface area contributed by atoms with Crippen molar-refractivity contribution >= 4 is 10.0 Å². The molecular formula is C16H26N2O2S. The van der Waals surface area contributed by atoms with Gasteiger partial charge in [0.15, 0.2) is 0 Å². The van der Waals surface area contributed by atoms with E-state index in [1.165, 1.54) is 5.56 Å². The monoisotopic (exact) mass is 310 g/mol. The summed E-state index contributed by atoms with van der Waals surface area (Å²) in [7, 11) is -3.43. The molecule has 0 saturated carbocycles. The van der Waals surface area contributed by atoms with Crippen molar-refractivity contribution in [3.63, 3.8) is 0 Å². The number of benzene rings is 1. The number of nitrogens with zero attached hydrogens (tertiary/aromatic N) is 1. The Bertz CT molecular complexity index is 552. The predicted molar refractivity (Wildman–Crippen MR) is 85.6 cm³/mol. The summed E-state index contributed by atoms with van der Waals surface area (Å²) in [5, 5.41) is 0. The molecule has 0 spiro atoms. The Balaban J connectivity index is 2.27. The Morgan fingerprint density at radius 3 is 2.52 bits per heavy atom. The topological polar surface area (TPSA) is 63.4 Å². The number of aryl methyl sites for hydroxylation is 1. The van der Waals surface area contributed by atoms with Gasteiger partial charge in [0.1, 0.15) is 0 Å². The number of sulfonamides is 1. The Hall–Kier alpha value is -0.910. The molecule has 0 aromatic heterocycles. The van der Waals surface area contributed by atoms with Crippen LogP contribution < -0.4 is 5.73 Å². The van der Waals surface area contributed by atoms with E-state index in [4.69, 9.17) is 5.73 Å². The lowest BCUT2D eigenvalue weighted by atomic mass is 10.00. The van der Waals surface area contributed by atoms with Crippen LogP contribution in [0.15, 0.2) is 29.2 Å². The van der Waals surface area contributed by atoms with Gasteiger partial charge in [-0.15, -0.1) is 0 Å². The molecule has 1 aliphatic heterocycles. The van der Waals surface area contributed by atoms with E-state index < -0.39 is 10.0 Å². The fraction of sp³-hybridized carbons (Fsp3) is 0.625.